The maximum absolute atomic E-state index is 11.3. The van der Waals surface area contributed by atoms with Crippen LogP contribution in [0, 0.1) is 5.41 Å². The Bertz CT molecular complexity index is 205. The van der Waals surface area contributed by atoms with Gasteiger partial charge in [0.05, 0.1) is 7.11 Å². The molecule has 0 saturated carbocycles. The number of carbonyl (C=O) groups excluding carboxylic acids is 2. The summed E-state index contributed by atoms with van der Waals surface area (Å²) >= 11 is 0. The Morgan fingerprint density at radius 3 is 2.00 bits per heavy atom. The van der Waals surface area contributed by atoms with Crippen molar-refractivity contribution >= 4 is 11.9 Å². The third kappa shape index (κ3) is 3.92. The number of ether oxygens (including phenoxy) is 1. The molecule has 0 bridgehead atoms. The summed E-state index contributed by atoms with van der Waals surface area (Å²) in [4.78, 5) is 22.1. The van der Waals surface area contributed by atoms with Crippen molar-refractivity contribution < 1.29 is 14.3 Å². The second kappa shape index (κ2) is 4.25. The number of nitrogens with one attached hydrogen (secondary N) is 1. The molecule has 76 valence electrons. The molecule has 0 spiro atoms. The second-order valence-corrected chi connectivity index (χ2v) is 4.02. The molecule has 4 heteroatoms. The van der Waals surface area contributed by atoms with Crippen LogP contribution in [0.25, 0.3) is 0 Å². The monoisotopic (exact) mass is 187 g/mol. The van der Waals surface area contributed by atoms with E-state index >= 15 is 0 Å². The van der Waals surface area contributed by atoms with Gasteiger partial charge in [-0.25, -0.2) is 4.79 Å². The van der Waals surface area contributed by atoms with Gasteiger partial charge in [0.25, 0.3) is 0 Å². The van der Waals surface area contributed by atoms with Crippen LogP contribution in [-0.4, -0.2) is 25.0 Å². The first-order valence-electron chi connectivity index (χ1n) is 4.14. The zero-order valence-corrected chi connectivity index (χ0v) is 8.80. The normalized spacial score (nSPS) is 13.3. The van der Waals surface area contributed by atoms with E-state index < -0.39 is 12.0 Å². The molecule has 0 fully saturated rings. The Hall–Kier alpha value is -1.06. The molecule has 1 atom stereocenters. The van der Waals surface area contributed by atoms with Gasteiger partial charge in [0.2, 0.25) is 5.91 Å². The fourth-order valence-electron chi connectivity index (χ4n) is 0.950. The largest absolute Gasteiger partial charge is 0.467 e. The molecule has 1 amide bonds. The minimum Gasteiger partial charge on any atom is -0.467 e. The summed E-state index contributed by atoms with van der Waals surface area (Å²) in [6.45, 7) is 6.97. The highest BCUT2D eigenvalue weighted by molar-refractivity contribution is 5.83. The number of methoxy groups -OCH3 is 1. The highest BCUT2D eigenvalue weighted by atomic mass is 16.5. The minimum atomic E-state index is -0.588. The molecule has 0 unspecified atom stereocenters. The Morgan fingerprint density at radius 1 is 1.31 bits per heavy atom. The van der Waals surface area contributed by atoms with Crippen molar-refractivity contribution in [2.45, 2.75) is 33.7 Å². The van der Waals surface area contributed by atoms with Gasteiger partial charge in [0, 0.05) is 6.92 Å². The van der Waals surface area contributed by atoms with Crippen LogP contribution >= 0.6 is 0 Å². The van der Waals surface area contributed by atoms with Gasteiger partial charge in [-0.3, -0.25) is 4.79 Å². The molecule has 0 aliphatic heterocycles. The lowest BCUT2D eigenvalue weighted by molar-refractivity contribution is -0.148. The summed E-state index contributed by atoms with van der Waals surface area (Å²) in [6, 6.07) is -0.588. The van der Waals surface area contributed by atoms with E-state index in [1.807, 2.05) is 20.8 Å². The van der Waals surface area contributed by atoms with Crippen LogP contribution in [0.15, 0.2) is 0 Å². The van der Waals surface area contributed by atoms with Crippen LogP contribution < -0.4 is 5.32 Å². The zero-order chi connectivity index (χ0) is 10.6. The first-order chi connectivity index (χ1) is 5.79. The van der Waals surface area contributed by atoms with Crippen LogP contribution in [0.4, 0.5) is 0 Å². The van der Waals surface area contributed by atoms with Gasteiger partial charge >= 0.3 is 5.97 Å². The summed E-state index contributed by atoms with van der Waals surface area (Å²) in [5, 5.41) is 2.56. The van der Waals surface area contributed by atoms with Crippen molar-refractivity contribution in [1.82, 2.24) is 5.32 Å². The fourth-order valence-corrected chi connectivity index (χ4v) is 0.950. The summed E-state index contributed by atoms with van der Waals surface area (Å²) in [7, 11) is 1.31. The summed E-state index contributed by atoms with van der Waals surface area (Å²) in [5.41, 5.74) is -0.335. The quantitative estimate of drug-likeness (QED) is 0.648. The van der Waals surface area contributed by atoms with E-state index in [2.05, 4.69) is 10.1 Å². The number of amides is 1. The summed E-state index contributed by atoms with van der Waals surface area (Å²) in [6.07, 6.45) is 0. The minimum absolute atomic E-state index is 0.231. The highest BCUT2D eigenvalue weighted by Crippen LogP contribution is 2.20. The van der Waals surface area contributed by atoms with Crippen molar-refractivity contribution in [2.24, 2.45) is 5.41 Å². The van der Waals surface area contributed by atoms with Gasteiger partial charge in [-0.1, -0.05) is 20.8 Å². The molecular formula is C9H17NO3. The van der Waals surface area contributed by atoms with Crippen molar-refractivity contribution in [3.63, 3.8) is 0 Å². The predicted molar refractivity (Wildman–Crippen MR) is 49.1 cm³/mol. The lowest BCUT2D eigenvalue weighted by Crippen LogP contribution is -2.48. The van der Waals surface area contributed by atoms with E-state index in [9.17, 15) is 9.59 Å². The number of esters is 1. The lowest BCUT2D eigenvalue weighted by Gasteiger charge is -2.28. The molecule has 0 radical (unpaired) electrons. The standard InChI is InChI=1S/C9H17NO3/c1-6(11)10-7(8(12)13-5)9(2,3)4/h7H,1-5H3,(H,10,11)/t7-/m1/s1. The van der Waals surface area contributed by atoms with Crippen LogP contribution in [0.3, 0.4) is 0 Å². The zero-order valence-electron chi connectivity index (χ0n) is 8.80. The molecule has 0 rings (SSSR count). The number of hydrogen-bond donors (Lipinski definition) is 1. The SMILES string of the molecule is COC(=O)[C@@H](NC(C)=O)C(C)(C)C. The van der Waals surface area contributed by atoms with E-state index in [0.717, 1.165) is 0 Å². The maximum atomic E-state index is 11.3. The average molecular weight is 187 g/mol. The van der Waals surface area contributed by atoms with Gasteiger partial charge in [-0.15, -0.1) is 0 Å². The molecule has 0 saturated heterocycles. The fraction of sp³-hybridized carbons (Fsp3) is 0.778. The maximum Gasteiger partial charge on any atom is 0.328 e. The molecule has 0 aliphatic rings. The van der Waals surface area contributed by atoms with Crippen LogP contribution in [0.5, 0.6) is 0 Å². The van der Waals surface area contributed by atoms with Crippen molar-refractivity contribution in [1.29, 1.82) is 0 Å². The highest BCUT2D eigenvalue weighted by Gasteiger charge is 2.32. The molecule has 0 aliphatic carbocycles. The van der Waals surface area contributed by atoms with Gasteiger partial charge in [0.15, 0.2) is 0 Å². The smallest absolute Gasteiger partial charge is 0.328 e. The van der Waals surface area contributed by atoms with Crippen LogP contribution in [0.1, 0.15) is 27.7 Å². The summed E-state index contributed by atoms with van der Waals surface area (Å²) in [5.74, 6) is -0.645. The van der Waals surface area contributed by atoms with Crippen molar-refractivity contribution in [2.75, 3.05) is 7.11 Å². The third-order valence-corrected chi connectivity index (χ3v) is 1.65. The molecule has 4 nitrogen and oxygen atoms in total. The third-order valence-electron chi connectivity index (χ3n) is 1.65. The number of hydrogen-bond acceptors (Lipinski definition) is 3. The molecule has 13 heavy (non-hydrogen) atoms. The number of rotatable bonds is 2. The first-order valence-corrected chi connectivity index (χ1v) is 4.14. The van der Waals surface area contributed by atoms with Crippen LogP contribution in [0.2, 0.25) is 0 Å². The first kappa shape index (κ1) is 11.9. The lowest BCUT2D eigenvalue weighted by atomic mass is 9.87. The topological polar surface area (TPSA) is 55.4 Å². The molecule has 0 aromatic carbocycles. The average Bonchev–Trinajstić information content (AvgIpc) is 1.96. The van der Waals surface area contributed by atoms with Gasteiger partial charge in [0.1, 0.15) is 6.04 Å². The predicted octanol–water partition coefficient (Wildman–Crippen LogP) is 0.710. The number of carbonyl (C=O) groups is 2. The van der Waals surface area contributed by atoms with E-state index in [1.54, 1.807) is 0 Å². The Morgan fingerprint density at radius 2 is 1.77 bits per heavy atom. The van der Waals surface area contributed by atoms with E-state index in [1.165, 1.54) is 14.0 Å². The van der Waals surface area contributed by atoms with Crippen molar-refractivity contribution in [3.05, 3.63) is 0 Å². The second-order valence-electron chi connectivity index (χ2n) is 4.02. The van der Waals surface area contributed by atoms with Gasteiger partial charge in [-0.2, -0.15) is 0 Å². The van der Waals surface area contributed by atoms with E-state index in [-0.39, 0.29) is 11.3 Å². The summed E-state index contributed by atoms with van der Waals surface area (Å²) < 4.78 is 4.59. The molecule has 0 aromatic heterocycles. The molecule has 1 N–H and O–H groups in total. The Labute approximate surface area is 78.6 Å². The van der Waals surface area contributed by atoms with Crippen molar-refractivity contribution in [3.8, 4) is 0 Å². The van der Waals surface area contributed by atoms with E-state index in [4.69, 9.17) is 0 Å². The molecular weight excluding hydrogens is 170 g/mol. The molecule has 0 aromatic rings. The van der Waals surface area contributed by atoms with Crippen LogP contribution in [-0.2, 0) is 14.3 Å². The van der Waals surface area contributed by atoms with Gasteiger partial charge in [-0.05, 0) is 5.41 Å². The molecule has 0 heterocycles. The Kier molecular flexibility index (Phi) is 3.91. The van der Waals surface area contributed by atoms with Gasteiger partial charge < -0.3 is 10.1 Å². The van der Waals surface area contributed by atoms with E-state index in [0.29, 0.717) is 0 Å². The Balaban J connectivity index is 4.56.